The average molecular weight is 345 g/mol. The van der Waals surface area contributed by atoms with Crippen LogP contribution < -0.4 is 4.90 Å². The number of nitrogens with zero attached hydrogens (tertiary/aromatic N) is 2. The fourth-order valence-corrected chi connectivity index (χ4v) is 3.17. The number of methoxy groups -OCH3 is 1. The van der Waals surface area contributed by atoms with Crippen LogP contribution in [0.25, 0.3) is 0 Å². The van der Waals surface area contributed by atoms with Crippen molar-refractivity contribution in [2.45, 2.75) is 6.61 Å². The van der Waals surface area contributed by atoms with E-state index in [9.17, 15) is 4.79 Å². The summed E-state index contributed by atoms with van der Waals surface area (Å²) in [4.78, 5) is 16.9. The molecule has 0 spiro atoms. The molecule has 1 saturated heterocycles. The number of rotatable bonds is 4. The lowest BCUT2D eigenvalue weighted by atomic mass is 10.1. The zero-order valence-electron chi connectivity index (χ0n) is 13.7. The highest BCUT2D eigenvalue weighted by atomic mass is 35.5. The first-order chi connectivity index (χ1) is 11.7. The molecule has 0 N–H and O–H groups in total. The summed E-state index contributed by atoms with van der Waals surface area (Å²) in [5.74, 6) is 0.0821. The van der Waals surface area contributed by atoms with E-state index >= 15 is 0 Å². The van der Waals surface area contributed by atoms with Crippen molar-refractivity contribution in [3.8, 4) is 0 Å². The van der Waals surface area contributed by atoms with Gasteiger partial charge in [0.1, 0.15) is 0 Å². The van der Waals surface area contributed by atoms with Crippen molar-refractivity contribution in [2.24, 2.45) is 0 Å². The molecule has 1 fully saturated rings. The van der Waals surface area contributed by atoms with E-state index in [1.807, 2.05) is 47.4 Å². The normalized spacial score (nSPS) is 14.8. The number of carbonyl (C=O) groups is 1. The molecule has 1 amide bonds. The smallest absolute Gasteiger partial charge is 0.253 e. The Balaban J connectivity index is 1.64. The maximum atomic E-state index is 12.7. The minimum absolute atomic E-state index is 0.0821. The van der Waals surface area contributed by atoms with Crippen LogP contribution in [0.3, 0.4) is 0 Å². The van der Waals surface area contributed by atoms with E-state index in [1.54, 1.807) is 7.11 Å². The van der Waals surface area contributed by atoms with E-state index in [0.29, 0.717) is 19.7 Å². The van der Waals surface area contributed by atoms with Crippen molar-refractivity contribution < 1.29 is 9.53 Å². The standard InChI is InChI=1S/C19H21ClN2O2/c1-24-14-15-4-2-5-16(12-15)19(23)22-10-8-21(9-11-22)18-7-3-6-17(20)13-18/h2-7,12-13H,8-11,14H2,1H3. The Morgan fingerprint density at radius 1 is 1.08 bits per heavy atom. The SMILES string of the molecule is COCc1cccc(C(=O)N2CCN(c3cccc(Cl)c3)CC2)c1. The molecule has 1 heterocycles. The number of ether oxygens (including phenoxy) is 1. The number of benzene rings is 2. The number of hydrogen-bond acceptors (Lipinski definition) is 3. The van der Waals surface area contributed by atoms with Crippen molar-refractivity contribution in [3.05, 3.63) is 64.7 Å². The Bertz CT molecular complexity index is 712. The zero-order valence-corrected chi connectivity index (χ0v) is 14.5. The fourth-order valence-electron chi connectivity index (χ4n) is 2.98. The third-order valence-corrected chi connectivity index (χ3v) is 4.46. The van der Waals surface area contributed by atoms with E-state index in [1.165, 1.54) is 0 Å². The molecule has 0 atom stereocenters. The van der Waals surface area contributed by atoms with Gasteiger partial charge in [-0.15, -0.1) is 0 Å². The van der Waals surface area contributed by atoms with Crippen molar-refractivity contribution in [2.75, 3.05) is 38.2 Å². The van der Waals surface area contributed by atoms with Crippen molar-refractivity contribution in [1.29, 1.82) is 0 Å². The minimum atomic E-state index is 0.0821. The van der Waals surface area contributed by atoms with Gasteiger partial charge < -0.3 is 14.5 Å². The van der Waals surface area contributed by atoms with Crippen LogP contribution >= 0.6 is 11.6 Å². The molecule has 126 valence electrons. The second kappa shape index (κ2) is 7.69. The predicted molar refractivity (Wildman–Crippen MR) is 96.7 cm³/mol. The van der Waals surface area contributed by atoms with Gasteiger partial charge in [0.05, 0.1) is 6.61 Å². The minimum Gasteiger partial charge on any atom is -0.380 e. The molecule has 1 aliphatic heterocycles. The van der Waals surface area contributed by atoms with Crippen molar-refractivity contribution in [3.63, 3.8) is 0 Å². The maximum Gasteiger partial charge on any atom is 0.253 e. The highest BCUT2D eigenvalue weighted by Gasteiger charge is 2.22. The van der Waals surface area contributed by atoms with Gasteiger partial charge in [0.25, 0.3) is 5.91 Å². The van der Waals surface area contributed by atoms with E-state index in [-0.39, 0.29) is 5.91 Å². The third-order valence-electron chi connectivity index (χ3n) is 4.23. The number of carbonyl (C=O) groups excluding carboxylic acids is 1. The van der Waals surface area contributed by atoms with Crippen LogP contribution in [0.4, 0.5) is 5.69 Å². The summed E-state index contributed by atoms with van der Waals surface area (Å²) in [7, 11) is 1.66. The van der Waals surface area contributed by atoms with Crippen LogP contribution in [0.2, 0.25) is 5.02 Å². The summed E-state index contributed by atoms with van der Waals surface area (Å²) in [6, 6.07) is 15.5. The monoisotopic (exact) mass is 344 g/mol. The molecule has 0 radical (unpaired) electrons. The van der Waals surface area contributed by atoms with Gasteiger partial charge in [-0.2, -0.15) is 0 Å². The molecule has 0 bridgehead atoms. The van der Waals surface area contributed by atoms with Gasteiger partial charge in [-0.25, -0.2) is 0 Å². The van der Waals surface area contributed by atoms with Crippen molar-refractivity contribution >= 4 is 23.2 Å². The zero-order chi connectivity index (χ0) is 16.9. The van der Waals surface area contributed by atoms with Crippen LogP contribution in [0, 0.1) is 0 Å². The van der Waals surface area contributed by atoms with E-state index in [4.69, 9.17) is 16.3 Å². The van der Waals surface area contributed by atoms with Crippen LogP contribution in [0.5, 0.6) is 0 Å². The highest BCUT2D eigenvalue weighted by Crippen LogP contribution is 2.21. The van der Waals surface area contributed by atoms with Crippen molar-refractivity contribution in [1.82, 2.24) is 4.90 Å². The molecule has 4 nitrogen and oxygen atoms in total. The molecule has 2 aromatic rings. The van der Waals surface area contributed by atoms with E-state index in [2.05, 4.69) is 11.0 Å². The van der Waals surface area contributed by atoms with Gasteiger partial charge in [-0.1, -0.05) is 29.8 Å². The molecule has 3 rings (SSSR count). The molecule has 0 saturated carbocycles. The van der Waals surface area contributed by atoms with Gasteiger partial charge in [0.2, 0.25) is 0 Å². The highest BCUT2D eigenvalue weighted by molar-refractivity contribution is 6.30. The Morgan fingerprint density at radius 3 is 2.54 bits per heavy atom. The average Bonchev–Trinajstić information content (AvgIpc) is 2.62. The summed E-state index contributed by atoms with van der Waals surface area (Å²) in [5, 5.41) is 0.737. The largest absolute Gasteiger partial charge is 0.380 e. The van der Waals surface area contributed by atoms with E-state index < -0.39 is 0 Å². The molecule has 24 heavy (non-hydrogen) atoms. The second-order valence-electron chi connectivity index (χ2n) is 5.89. The first-order valence-corrected chi connectivity index (χ1v) is 8.43. The molecular formula is C19H21ClN2O2. The molecule has 5 heteroatoms. The Hall–Kier alpha value is -2.04. The molecule has 0 aromatic heterocycles. The summed E-state index contributed by atoms with van der Waals surface area (Å²) in [5.41, 5.74) is 2.85. The lowest BCUT2D eigenvalue weighted by Gasteiger charge is -2.36. The molecule has 2 aromatic carbocycles. The second-order valence-corrected chi connectivity index (χ2v) is 6.33. The van der Waals surface area contributed by atoms with Gasteiger partial charge in [0.15, 0.2) is 0 Å². The molecule has 1 aliphatic rings. The molecule has 0 unspecified atom stereocenters. The third kappa shape index (κ3) is 3.89. The Kier molecular flexibility index (Phi) is 5.38. The Labute approximate surface area is 147 Å². The predicted octanol–water partition coefficient (Wildman–Crippen LogP) is 3.45. The summed E-state index contributed by atoms with van der Waals surface area (Å²) in [6.07, 6.45) is 0. The van der Waals surface area contributed by atoms with Crippen LogP contribution in [0.15, 0.2) is 48.5 Å². The lowest BCUT2D eigenvalue weighted by Crippen LogP contribution is -2.48. The van der Waals surface area contributed by atoms with Crippen LogP contribution in [0.1, 0.15) is 15.9 Å². The number of anilines is 1. The number of piperazine rings is 1. The summed E-state index contributed by atoms with van der Waals surface area (Å²) >= 11 is 6.06. The van der Waals surface area contributed by atoms with Gasteiger partial charge in [0, 0.05) is 49.6 Å². The quantitative estimate of drug-likeness (QED) is 0.851. The topological polar surface area (TPSA) is 32.8 Å². The van der Waals surface area contributed by atoms with Gasteiger partial charge >= 0.3 is 0 Å². The first kappa shape index (κ1) is 16.8. The van der Waals surface area contributed by atoms with Crippen LogP contribution in [-0.2, 0) is 11.3 Å². The fraction of sp³-hybridized carbons (Fsp3) is 0.316. The lowest BCUT2D eigenvalue weighted by molar-refractivity contribution is 0.0746. The van der Waals surface area contributed by atoms with Gasteiger partial charge in [-0.05, 0) is 35.9 Å². The summed E-state index contributed by atoms with van der Waals surface area (Å²) in [6.45, 7) is 3.55. The maximum absolute atomic E-state index is 12.7. The molecule has 0 aliphatic carbocycles. The number of amides is 1. The van der Waals surface area contributed by atoms with E-state index in [0.717, 1.165) is 34.9 Å². The Morgan fingerprint density at radius 2 is 1.83 bits per heavy atom. The van der Waals surface area contributed by atoms with Gasteiger partial charge in [-0.3, -0.25) is 4.79 Å². The number of halogens is 1. The summed E-state index contributed by atoms with van der Waals surface area (Å²) < 4.78 is 5.14. The first-order valence-electron chi connectivity index (χ1n) is 8.05. The van der Waals surface area contributed by atoms with Crippen LogP contribution in [-0.4, -0.2) is 44.1 Å². The number of hydrogen-bond donors (Lipinski definition) is 0. The molecular weight excluding hydrogens is 324 g/mol.